The molecule has 5 nitrogen and oxygen atoms in total. The Kier molecular flexibility index (Phi) is 7.76. The predicted molar refractivity (Wildman–Crippen MR) is 94.9 cm³/mol. The highest BCUT2D eigenvalue weighted by molar-refractivity contribution is 4.91. The average Bonchev–Trinajstić information content (AvgIpc) is 2.93. The van der Waals surface area contributed by atoms with Crippen LogP contribution in [-0.2, 0) is 9.47 Å². The minimum Gasteiger partial charge on any atom is -0.378 e. The number of nitrogens with one attached hydrogen (secondary N) is 2. The molecule has 0 bridgehead atoms. The Bertz CT molecular complexity index is 336. The summed E-state index contributed by atoms with van der Waals surface area (Å²) < 4.78 is 11.5. The van der Waals surface area contributed by atoms with E-state index in [1.54, 1.807) is 0 Å². The average molecular weight is 328 g/mol. The summed E-state index contributed by atoms with van der Waals surface area (Å²) in [4.78, 5) is 2.51. The lowest BCUT2D eigenvalue weighted by Crippen LogP contribution is -2.54. The van der Waals surface area contributed by atoms with Crippen LogP contribution in [-0.4, -0.2) is 74.6 Å². The third kappa shape index (κ3) is 5.40. The maximum absolute atomic E-state index is 5.81. The van der Waals surface area contributed by atoms with Gasteiger partial charge in [-0.1, -0.05) is 27.7 Å². The quantitative estimate of drug-likeness (QED) is 0.636. The normalized spacial score (nSPS) is 32.5. The van der Waals surface area contributed by atoms with Crippen molar-refractivity contribution in [2.45, 2.75) is 71.3 Å². The lowest BCUT2D eigenvalue weighted by Gasteiger charge is -2.40. The molecular formula is C18H37N3O2. The van der Waals surface area contributed by atoms with Gasteiger partial charge < -0.3 is 20.1 Å². The summed E-state index contributed by atoms with van der Waals surface area (Å²) in [6.07, 6.45) is 1.49. The Balaban J connectivity index is 1.74. The molecule has 0 amide bonds. The van der Waals surface area contributed by atoms with Gasteiger partial charge >= 0.3 is 0 Å². The van der Waals surface area contributed by atoms with Crippen molar-refractivity contribution in [2.24, 2.45) is 5.92 Å². The summed E-state index contributed by atoms with van der Waals surface area (Å²) in [6, 6.07) is 1.97. The van der Waals surface area contributed by atoms with Crippen LogP contribution in [0, 0.1) is 5.92 Å². The van der Waals surface area contributed by atoms with E-state index in [4.69, 9.17) is 9.47 Å². The summed E-state index contributed by atoms with van der Waals surface area (Å²) in [5.41, 5.74) is 0. The zero-order valence-corrected chi connectivity index (χ0v) is 15.7. The Labute approximate surface area is 142 Å². The molecule has 0 aromatic heterocycles. The van der Waals surface area contributed by atoms with E-state index in [1.165, 1.54) is 0 Å². The van der Waals surface area contributed by atoms with Crippen molar-refractivity contribution in [1.82, 2.24) is 15.5 Å². The molecule has 2 aliphatic rings. The zero-order valence-electron chi connectivity index (χ0n) is 15.7. The maximum Gasteiger partial charge on any atom is 0.0652 e. The number of nitrogens with zero attached hydrogens (tertiary/aromatic N) is 1. The van der Waals surface area contributed by atoms with Crippen LogP contribution in [0.4, 0.5) is 0 Å². The molecule has 0 saturated carbocycles. The molecule has 2 rings (SSSR count). The predicted octanol–water partition coefficient (Wildman–Crippen LogP) is 1.48. The van der Waals surface area contributed by atoms with Crippen LogP contribution >= 0.6 is 0 Å². The van der Waals surface area contributed by atoms with Crippen LogP contribution < -0.4 is 10.6 Å². The van der Waals surface area contributed by atoms with E-state index in [1.807, 2.05) is 0 Å². The van der Waals surface area contributed by atoms with Crippen molar-refractivity contribution >= 4 is 0 Å². The number of hydrogen-bond donors (Lipinski definition) is 2. The minimum absolute atomic E-state index is 0.401. The van der Waals surface area contributed by atoms with Gasteiger partial charge in [0.15, 0.2) is 0 Å². The van der Waals surface area contributed by atoms with Crippen LogP contribution in [0.3, 0.4) is 0 Å². The highest BCUT2D eigenvalue weighted by Gasteiger charge is 2.36. The van der Waals surface area contributed by atoms with E-state index in [9.17, 15) is 0 Å². The zero-order chi connectivity index (χ0) is 16.8. The van der Waals surface area contributed by atoms with Crippen molar-refractivity contribution in [1.29, 1.82) is 0 Å². The van der Waals surface area contributed by atoms with E-state index in [0.29, 0.717) is 36.2 Å². The summed E-state index contributed by atoms with van der Waals surface area (Å²) in [5.74, 6) is 0.667. The smallest absolute Gasteiger partial charge is 0.0652 e. The van der Waals surface area contributed by atoms with Gasteiger partial charge in [0, 0.05) is 30.6 Å². The molecule has 5 atom stereocenters. The molecule has 2 fully saturated rings. The second kappa shape index (κ2) is 9.33. The van der Waals surface area contributed by atoms with Gasteiger partial charge in [-0.2, -0.15) is 0 Å². The van der Waals surface area contributed by atoms with E-state index in [2.05, 4.69) is 50.2 Å². The molecule has 136 valence electrons. The minimum atomic E-state index is 0.401. The highest BCUT2D eigenvalue weighted by Crippen LogP contribution is 2.25. The second-order valence-electron chi connectivity index (χ2n) is 7.43. The van der Waals surface area contributed by atoms with Crippen molar-refractivity contribution in [2.75, 3.05) is 39.5 Å². The van der Waals surface area contributed by atoms with Crippen LogP contribution in [0.5, 0.6) is 0 Å². The Morgan fingerprint density at radius 2 is 1.83 bits per heavy atom. The van der Waals surface area contributed by atoms with Crippen molar-refractivity contribution in [3.8, 4) is 0 Å². The third-order valence-corrected chi connectivity index (χ3v) is 5.25. The number of hydrogen-bond acceptors (Lipinski definition) is 5. The third-order valence-electron chi connectivity index (χ3n) is 5.25. The summed E-state index contributed by atoms with van der Waals surface area (Å²) >= 11 is 0. The van der Waals surface area contributed by atoms with Gasteiger partial charge in [0.25, 0.3) is 0 Å². The maximum atomic E-state index is 5.81. The second-order valence-corrected chi connectivity index (χ2v) is 7.43. The summed E-state index contributed by atoms with van der Waals surface area (Å²) in [5, 5.41) is 7.33. The van der Waals surface area contributed by atoms with Crippen LogP contribution in [0.1, 0.15) is 41.0 Å². The fraction of sp³-hybridized carbons (Fsp3) is 1.00. The van der Waals surface area contributed by atoms with Crippen molar-refractivity contribution in [3.05, 3.63) is 0 Å². The SMILES string of the molecule is CCN(CC)C1COC[C@@H]1N[C@@H](C)CC1OCC1CNC(C)C. The van der Waals surface area contributed by atoms with Crippen LogP contribution in [0.25, 0.3) is 0 Å². The number of ether oxygens (including phenoxy) is 2. The standard InChI is InChI=1S/C18H37N3O2/c1-6-21(7-2)17-12-22-11-16(17)20-14(5)8-18-15(10-23-18)9-19-13(3)4/h13-20H,6-12H2,1-5H3/t14-,15?,16-,17?,18?/m0/s1. The van der Waals surface area contributed by atoms with Crippen LogP contribution in [0.15, 0.2) is 0 Å². The first-order chi connectivity index (χ1) is 11.0. The monoisotopic (exact) mass is 327 g/mol. The number of likely N-dealkylation sites (N-methyl/N-ethyl adjacent to an activating group) is 1. The first-order valence-electron chi connectivity index (χ1n) is 9.47. The van der Waals surface area contributed by atoms with E-state index in [-0.39, 0.29) is 0 Å². The lowest BCUT2D eigenvalue weighted by molar-refractivity contribution is -0.120. The molecule has 2 aliphatic heterocycles. The molecule has 0 spiro atoms. The highest BCUT2D eigenvalue weighted by atomic mass is 16.5. The Morgan fingerprint density at radius 3 is 2.39 bits per heavy atom. The molecule has 2 N–H and O–H groups in total. The molecule has 3 unspecified atom stereocenters. The molecule has 2 heterocycles. The Morgan fingerprint density at radius 1 is 1.09 bits per heavy atom. The van der Waals surface area contributed by atoms with Gasteiger partial charge in [-0.05, 0) is 26.4 Å². The van der Waals surface area contributed by atoms with Gasteiger partial charge in [-0.3, -0.25) is 4.90 Å². The van der Waals surface area contributed by atoms with Gasteiger partial charge in [-0.25, -0.2) is 0 Å². The fourth-order valence-corrected chi connectivity index (χ4v) is 3.74. The molecule has 2 saturated heterocycles. The molecule has 5 heteroatoms. The van der Waals surface area contributed by atoms with Gasteiger partial charge in [0.2, 0.25) is 0 Å². The van der Waals surface area contributed by atoms with E-state index in [0.717, 1.165) is 45.9 Å². The van der Waals surface area contributed by atoms with Gasteiger partial charge in [0.05, 0.1) is 32.0 Å². The Hall–Kier alpha value is -0.200. The molecule has 0 radical (unpaired) electrons. The molecule has 0 aromatic carbocycles. The van der Waals surface area contributed by atoms with Gasteiger partial charge in [0.1, 0.15) is 0 Å². The largest absolute Gasteiger partial charge is 0.378 e. The molecule has 0 aromatic rings. The summed E-state index contributed by atoms with van der Waals surface area (Å²) in [7, 11) is 0. The first-order valence-corrected chi connectivity index (χ1v) is 9.47. The van der Waals surface area contributed by atoms with E-state index >= 15 is 0 Å². The number of rotatable bonds is 10. The van der Waals surface area contributed by atoms with E-state index < -0.39 is 0 Å². The summed E-state index contributed by atoms with van der Waals surface area (Å²) in [6.45, 7) is 17.0. The fourth-order valence-electron chi connectivity index (χ4n) is 3.74. The molecular weight excluding hydrogens is 290 g/mol. The van der Waals surface area contributed by atoms with Crippen molar-refractivity contribution < 1.29 is 9.47 Å². The first kappa shape index (κ1) is 19.1. The van der Waals surface area contributed by atoms with Crippen molar-refractivity contribution in [3.63, 3.8) is 0 Å². The lowest BCUT2D eigenvalue weighted by atomic mass is 9.92. The van der Waals surface area contributed by atoms with Crippen LogP contribution in [0.2, 0.25) is 0 Å². The topological polar surface area (TPSA) is 45.8 Å². The molecule has 0 aliphatic carbocycles. The van der Waals surface area contributed by atoms with Gasteiger partial charge in [-0.15, -0.1) is 0 Å². The molecule has 23 heavy (non-hydrogen) atoms.